The van der Waals surface area contributed by atoms with Crippen LogP contribution in [0.4, 0.5) is 0 Å². The van der Waals surface area contributed by atoms with Gasteiger partial charge in [-0.25, -0.2) is 14.5 Å². The highest BCUT2D eigenvalue weighted by Gasteiger charge is 2.33. The van der Waals surface area contributed by atoms with Gasteiger partial charge in [0.15, 0.2) is 4.80 Å². The minimum Gasteiger partial charge on any atom is -0.497 e. The zero-order valence-electron chi connectivity index (χ0n) is 22.6. The van der Waals surface area contributed by atoms with Crippen LogP contribution in [-0.2, 0) is 9.53 Å². The molecule has 0 saturated heterocycles. The molecule has 0 saturated carbocycles. The van der Waals surface area contributed by atoms with Crippen molar-refractivity contribution in [2.75, 3.05) is 14.2 Å². The monoisotopic (exact) mass is 562 g/mol. The summed E-state index contributed by atoms with van der Waals surface area (Å²) in [6.45, 7) is 1.76. The molecule has 0 N–H and O–H groups in total. The molecule has 41 heavy (non-hydrogen) atoms. The van der Waals surface area contributed by atoms with E-state index in [4.69, 9.17) is 14.6 Å². The Morgan fingerprint density at radius 1 is 0.951 bits per heavy atom. The second kappa shape index (κ2) is 10.9. The van der Waals surface area contributed by atoms with Crippen molar-refractivity contribution in [3.05, 3.63) is 133 Å². The van der Waals surface area contributed by atoms with E-state index in [0.29, 0.717) is 26.4 Å². The van der Waals surface area contributed by atoms with E-state index in [1.54, 1.807) is 30.7 Å². The molecular weight excluding hydrogens is 536 g/mol. The van der Waals surface area contributed by atoms with Crippen molar-refractivity contribution in [1.29, 1.82) is 0 Å². The van der Waals surface area contributed by atoms with Gasteiger partial charge in [0.2, 0.25) is 0 Å². The van der Waals surface area contributed by atoms with E-state index in [0.717, 1.165) is 28.1 Å². The fourth-order valence-corrected chi connectivity index (χ4v) is 6.00. The van der Waals surface area contributed by atoms with Crippen LogP contribution in [0.2, 0.25) is 0 Å². The normalized spacial score (nSPS) is 14.9. The molecule has 204 valence electrons. The van der Waals surface area contributed by atoms with E-state index in [1.165, 1.54) is 18.4 Å². The van der Waals surface area contributed by atoms with Crippen LogP contribution in [-0.4, -0.2) is 34.5 Å². The van der Waals surface area contributed by atoms with Gasteiger partial charge in [0.05, 0.1) is 47.4 Å². The molecule has 1 unspecified atom stereocenters. The maximum atomic E-state index is 14.1. The van der Waals surface area contributed by atoms with Crippen molar-refractivity contribution in [2.24, 2.45) is 4.99 Å². The van der Waals surface area contributed by atoms with Crippen molar-refractivity contribution in [3.8, 4) is 22.7 Å². The van der Waals surface area contributed by atoms with Crippen LogP contribution in [0, 0.1) is 0 Å². The van der Waals surface area contributed by atoms with Gasteiger partial charge < -0.3 is 9.47 Å². The maximum Gasteiger partial charge on any atom is 0.338 e. The molecule has 1 aliphatic rings. The van der Waals surface area contributed by atoms with Crippen molar-refractivity contribution < 1.29 is 14.3 Å². The summed E-state index contributed by atoms with van der Waals surface area (Å²) in [4.78, 5) is 32.2. The van der Waals surface area contributed by atoms with E-state index in [9.17, 15) is 9.59 Å². The lowest BCUT2D eigenvalue weighted by Gasteiger charge is -2.24. The van der Waals surface area contributed by atoms with Gasteiger partial charge in [-0.15, -0.1) is 0 Å². The third-order valence-electron chi connectivity index (χ3n) is 6.96. The van der Waals surface area contributed by atoms with E-state index >= 15 is 0 Å². The smallest absolute Gasteiger partial charge is 0.338 e. The fraction of sp³-hybridized carbons (Fsp3) is 0.125. The standard InChI is InChI=1S/C32H26N4O4S/c1-20-27(31(38)40-3)29(22-14-16-25(39-2)17-15-22)36-30(37)26(41-32(36)33-20)18-23-19-35(24-12-8-5-9-13-24)34-28(23)21-10-6-4-7-11-21/h4-19,29H,1-3H3/b26-18-. The number of nitrogens with zero attached hydrogens (tertiary/aromatic N) is 4. The number of carbonyl (C=O) groups is 1. The zero-order valence-corrected chi connectivity index (χ0v) is 23.5. The first-order valence-corrected chi connectivity index (χ1v) is 13.8. The number of allylic oxidation sites excluding steroid dienone is 1. The summed E-state index contributed by atoms with van der Waals surface area (Å²) in [6, 6.07) is 26.3. The average molecular weight is 563 g/mol. The number of para-hydroxylation sites is 1. The Kier molecular flexibility index (Phi) is 6.94. The summed E-state index contributed by atoms with van der Waals surface area (Å²) in [7, 11) is 2.92. The molecule has 0 spiro atoms. The topological polar surface area (TPSA) is 87.7 Å². The Morgan fingerprint density at radius 2 is 1.63 bits per heavy atom. The number of ether oxygens (including phenoxy) is 2. The van der Waals surface area contributed by atoms with E-state index in [-0.39, 0.29) is 5.56 Å². The zero-order chi connectivity index (χ0) is 28.5. The quantitative estimate of drug-likeness (QED) is 0.289. The number of aromatic nitrogens is 3. The Morgan fingerprint density at radius 3 is 2.29 bits per heavy atom. The molecule has 0 amide bonds. The molecule has 3 aromatic carbocycles. The second-order valence-corrected chi connectivity index (χ2v) is 10.4. The average Bonchev–Trinajstić information content (AvgIpc) is 3.57. The summed E-state index contributed by atoms with van der Waals surface area (Å²) in [5.74, 6) is 0.141. The summed E-state index contributed by atoms with van der Waals surface area (Å²) in [5.41, 5.74) is 4.69. The first kappa shape index (κ1) is 26.2. The van der Waals surface area contributed by atoms with Crippen LogP contribution in [0.5, 0.6) is 5.75 Å². The molecule has 0 fully saturated rings. The van der Waals surface area contributed by atoms with Crippen LogP contribution in [0.25, 0.3) is 23.0 Å². The van der Waals surface area contributed by atoms with Crippen LogP contribution >= 0.6 is 11.3 Å². The molecule has 1 aliphatic heterocycles. The predicted molar refractivity (Wildman–Crippen MR) is 158 cm³/mol. The van der Waals surface area contributed by atoms with Gasteiger partial charge in [0.1, 0.15) is 5.75 Å². The molecule has 6 rings (SSSR count). The van der Waals surface area contributed by atoms with Gasteiger partial charge in [0, 0.05) is 17.3 Å². The van der Waals surface area contributed by atoms with Crippen molar-refractivity contribution in [1.82, 2.24) is 14.3 Å². The van der Waals surface area contributed by atoms with Gasteiger partial charge in [-0.1, -0.05) is 72.0 Å². The van der Waals surface area contributed by atoms with Crippen LogP contribution in [0.3, 0.4) is 0 Å². The Balaban J connectivity index is 1.56. The molecule has 9 heteroatoms. The lowest BCUT2D eigenvalue weighted by atomic mass is 9.96. The molecule has 0 radical (unpaired) electrons. The largest absolute Gasteiger partial charge is 0.497 e. The highest BCUT2D eigenvalue weighted by molar-refractivity contribution is 7.07. The van der Waals surface area contributed by atoms with Crippen molar-refractivity contribution in [3.63, 3.8) is 0 Å². The maximum absolute atomic E-state index is 14.1. The van der Waals surface area contributed by atoms with E-state index < -0.39 is 12.0 Å². The van der Waals surface area contributed by atoms with Crippen LogP contribution < -0.4 is 19.6 Å². The van der Waals surface area contributed by atoms with Gasteiger partial charge in [-0.2, -0.15) is 5.10 Å². The molecule has 0 aliphatic carbocycles. The number of carbonyl (C=O) groups excluding carboxylic acids is 1. The lowest BCUT2D eigenvalue weighted by molar-refractivity contribution is -0.136. The summed E-state index contributed by atoms with van der Waals surface area (Å²) in [6.07, 6.45) is 3.77. The van der Waals surface area contributed by atoms with Gasteiger partial charge in [0.25, 0.3) is 5.56 Å². The van der Waals surface area contributed by atoms with Gasteiger partial charge in [-0.3, -0.25) is 9.36 Å². The fourth-order valence-electron chi connectivity index (χ4n) is 4.96. The molecule has 5 aromatic rings. The van der Waals surface area contributed by atoms with Crippen molar-refractivity contribution >= 4 is 23.4 Å². The van der Waals surface area contributed by atoms with Crippen LogP contribution in [0.1, 0.15) is 24.1 Å². The molecule has 0 bridgehead atoms. The molecular formula is C32H26N4O4S. The molecule has 2 aromatic heterocycles. The van der Waals surface area contributed by atoms with Crippen molar-refractivity contribution in [2.45, 2.75) is 13.0 Å². The SMILES string of the molecule is COC(=O)C1=C(C)N=c2s/c(=C\c3cn(-c4ccccc4)nc3-c3ccccc3)c(=O)n2C1c1ccc(OC)cc1. The number of hydrogen-bond donors (Lipinski definition) is 0. The molecule has 8 nitrogen and oxygen atoms in total. The molecule has 3 heterocycles. The van der Waals surface area contributed by atoms with E-state index in [2.05, 4.69) is 4.99 Å². The highest BCUT2D eigenvalue weighted by Crippen LogP contribution is 2.31. The number of esters is 1. The Labute approximate surface area is 239 Å². The molecule has 1 atom stereocenters. The van der Waals surface area contributed by atoms with E-state index in [1.807, 2.05) is 89.8 Å². The number of methoxy groups -OCH3 is 2. The number of thiazole rings is 1. The third kappa shape index (κ3) is 4.81. The third-order valence-corrected chi connectivity index (χ3v) is 7.94. The Bertz CT molecular complexity index is 1950. The lowest BCUT2D eigenvalue weighted by Crippen LogP contribution is -2.39. The predicted octanol–water partition coefficient (Wildman–Crippen LogP) is 4.27. The van der Waals surface area contributed by atoms with Crippen LogP contribution in [0.15, 0.2) is 112 Å². The minimum atomic E-state index is -0.701. The summed E-state index contributed by atoms with van der Waals surface area (Å²) in [5, 5.41) is 4.87. The van der Waals surface area contributed by atoms with Gasteiger partial charge >= 0.3 is 5.97 Å². The first-order chi connectivity index (χ1) is 20.0. The highest BCUT2D eigenvalue weighted by atomic mass is 32.1. The number of rotatable bonds is 6. The van der Waals surface area contributed by atoms with Gasteiger partial charge in [-0.05, 0) is 42.8 Å². The minimum absolute atomic E-state index is 0.255. The first-order valence-electron chi connectivity index (χ1n) is 12.9. The number of fused-ring (bicyclic) bond motifs is 1. The number of hydrogen-bond acceptors (Lipinski definition) is 7. The second-order valence-electron chi connectivity index (χ2n) is 9.43. The summed E-state index contributed by atoms with van der Waals surface area (Å²) < 4.78 is 14.3. The number of benzene rings is 3. The Hall–Kier alpha value is -5.02. The summed E-state index contributed by atoms with van der Waals surface area (Å²) >= 11 is 1.28.